The van der Waals surface area contributed by atoms with E-state index in [0.717, 1.165) is 18.4 Å². The number of fused-ring (bicyclic) bond motifs is 3. The largest absolute Gasteiger partial charge is 0.486 e. The predicted octanol–water partition coefficient (Wildman–Crippen LogP) is 1.75. The molecule has 2 amide bonds. The van der Waals surface area contributed by atoms with Gasteiger partial charge in [0.15, 0.2) is 0 Å². The third-order valence-electron chi connectivity index (χ3n) is 6.19. The van der Waals surface area contributed by atoms with E-state index in [2.05, 4.69) is 5.32 Å². The number of nitrogens with zero attached hydrogens (tertiary/aromatic N) is 1. The Balaban J connectivity index is 1.95. The Morgan fingerprint density at radius 3 is 2.73 bits per heavy atom. The molecule has 0 saturated heterocycles. The van der Waals surface area contributed by atoms with Crippen LogP contribution < -0.4 is 10.1 Å². The van der Waals surface area contributed by atoms with Crippen molar-refractivity contribution in [3.8, 4) is 5.75 Å². The lowest BCUT2D eigenvalue weighted by Gasteiger charge is -2.41. The normalized spacial score (nSPS) is 23.2. The molecule has 0 radical (unpaired) electrons. The van der Waals surface area contributed by atoms with E-state index in [-0.39, 0.29) is 25.0 Å². The maximum Gasteiger partial charge on any atom is 0.247 e. The fourth-order valence-corrected chi connectivity index (χ4v) is 4.58. The molecular formula is C25H36N2O6. The van der Waals surface area contributed by atoms with Crippen LogP contribution >= 0.6 is 0 Å². The van der Waals surface area contributed by atoms with Crippen LogP contribution in [0.3, 0.4) is 0 Å². The van der Waals surface area contributed by atoms with Gasteiger partial charge in [0, 0.05) is 43.9 Å². The highest BCUT2D eigenvalue weighted by Gasteiger charge is 2.50. The van der Waals surface area contributed by atoms with Gasteiger partial charge < -0.3 is 29.9 Å². The van der Waals surface area contributed by atoms with Crippen LogP contribution in [0.4, 0.5) is 0 Å². The Bertz CT molecular complexity index is 842. The van der Waals surface area contributed by atoms with Crippen LogP contribution in [-0.4, -0.2) is 78.1 Å². The number of benzene rings is 1. The van der Waals surface area contributed by atoms with Crippen molar-refractivity contribution in [2.24, 2.45) is 0 Å². The maximum absolute atomic E-state index is 13.1. The Morgan fingerprint density at radius 1 is 1.21 bits per heavy atom. The maximum atomic E-state index is 13.1. The summed E-state index contributed by atoms with van der Waals surface area (Å²) in [4.78, 5) is 27.9. The first-order valence-electron chi connectivity index (χ1n) is 11.9. The summed E-state index contributed by atoms with van der Waals surface area (Å²) >= 11 is 0. The zero-order valence-electron chi connectivity index (χ0n) is 19.5. The highest BCUT2D eigenvalue weighted by molar-refractivity contribution is 5.96. The number of rotatable bonds is 12. The van der Waals surface area contributed by atoms with Gasteiger partial charge >= 0.3 is 0 Å². The van der Waals surface area contributed by atoms with Crippen molar-refractivity contribution < 1.29 is 29.3 Å². The Kier molecular flexibility index (Phi) is 9.29. The number of unbranched alkanes of at least 4 members (excludes halogenated alkanes) is 1. The lowest BCUT2D eigenvalue weighted by Crippen LogP contribution is -2.56. The molecule has 33 heavy (non-hydrogen) atoms. The van der Waals surface area contributed by atoms with Crippen LogP contribution in [0.15, 0.2) is 35.9 Å². The van der Waals surface area contributed by atoms with E-state index < -0.39 is 24.2 Å². The quantitative estimate of drug-likeness (QED) is 0.410. The molecule has 0 aromatic heterocycles. The molecule has 0 spiro atoms. The molecule has 1 heterocycles. The van der Waals surface area contributed by atoms with Gasteiger partial charge in [0.1, 0.15) is 18.0 Å². The molecule has 0 unspecified atom stereocenters. The van der Waals surface area contributed by atoms with Crippen LogP contribution in [0.5, 0.6) is 5.75 Å². The van der Waals surface area contributed by atoms with Gasteiger partial charge in [-0.1, -0.05) is 31.5 Å². The minimum atomic E-state index is -0.991. The van der Waals surface area contributed by atoms with Gasteiger partial charge in [-0.2, -0.15) is 0 Å². The molecule has 182 valence electrons. The van der Waals surface area contributed by atoms with Crippen molar-refractivity contribution in [3.63, 3.8) is 0 Å². The number of amides is 2. The van der Waals surface area contributed by atoms with E-state index in [1.165, 1.54) is 0 Å². The predicted molar refractivity (Wildman–Crippen MR) is 124 cm³/mol. The van der Waals surface area contributed by atoms with Gasteiger partial charge in [-0.05, 0) is 31.9 Å². The molecule has 0 fully saturated rings. The molecule has 3 N–H and O–H groups in total. The van der Waals surface area contributed by atoms with Gasteiger partial charge in [-0.25, -0.2) is 0 Å². The van der Waals surface area contributed by atoms with E-state index in [9.17, 15) is 19.8 Å². The van der Waals surface area contributed by atoms with Gasteiger partial charge in [0.2, 0.25) is 11.8 Å². The number of para-hydroxylation sites is 1. The average molecular weight is 461 g/mol. The first kappa shape index (κ1) is 25.2. The number of aliphatic hydroxyl groups excluding tert-OH is 2. The van der Waals surface area contributed by atoms with Crippen molar-refractivity contribution in [2.75, 3.05) is 32.9 Å². The molecule has 1 aliphatic heterocycles. The molecule has 2 aliphatic rings. The van der Waals surface area contributed by atoms with Gasteiger partial charge in [0.25, 0.3) is 0 Å². The molecule has 3 rings (SSSR count). The van der Waals surface area contributed by atoms with E-state index in [4.69, 9.17) is 9.47 Å². The number of aliphatic hydroxyl groups is 2. The van der Waals surface area contributed by atoms with E-state index in [0.29, 0.717) is 43.9 Å². The van der Waals surface area contributed by atoms with Crippen molar-refractivity contribution in [1.82, 2.24) is 10.2 Å². The van der Waals surface area contributed by atoms with Gasteiger partial charge in [-0.15, -0.1) is 0 Å². The molecule has 1 aromatic rings. The molecule has 1 aromatic carbocycles. The number of hydrogen-bond donors (Lipinski definition) is 3. The minimum absolute atomic E-state index is 0.0577. The topological polar surface area (TPSA) is 108 Å². The SMILES string of the molecule is CCCCC(=O)N(CCCOCC)[C@@H]1C=C(C(=O)NCCO)[C@@H]2c3ccccc3O[C@@H]2[C@H]1O. The average Bonchev–Trinajstić information content (AvgIpc) is 3.22. The van der Waals surface area contributed by atoms with E-state index >= 15 is 0 Å². The van der Waals surface area contributed by atoms with Crippen LogP contribution in [0.25, 0.3) is 0 Å². The summed E-state index contributed by atoms with van der Waals surface area (Å²) < 4.78 is 11.6. The monoisotopic (exact) mass is 460 g/mol. The summed E-state index contributed by atoms with van der Waals surface area (Å²) in [6.07, 6.45) is 2.70. The third kappa shape index (κ3) is 5.75. The summed E-state index contributed by atoms with van der Waals surface area (Å²) in [6.45, 7) is 5.42. The summed E-state index contributed by atoms with van der Waals surface area (Å²) in [6, 6.07) is 6.75. The molecule has 4 atom stereocenters. The fourth-order valence-electron chi connectivity index (χ4n) is 4.58. The summed E-state index contributed by atoms with van der Waals surface area (Å²) in [7, 11) is 0. The smallest absolute Gasteiger partial charge is 0.247 e. The second kappa shape index (κ2) is 12.2. The molecule has 8 nitrogen and oxygen atoms in total. The Hall–Kier alpha value is -2.42. The lowest BCUT2D eigenvalue weighted by atomic mass is 9.77. The first-order valence-corrected chi connectivity index (χ1v) is 11.9. The van der Waals surface area contributed by atoms with E-state index in [1.807, 2.05) is 38.1 Å². The van der Waals surface area contributed by atoms with Gasteiger partial charge in [0.05, 0.1) is 18.6 Å². The molecule has 1 aliphatic carbocycles. The number of ether oxygens (including phenoxy) is 2. The first-order chi connectivity index (χ1) is 16.0. The Morgan fingerprint density at radius 2 is 2.00 bits per heavy atom. The number of nitrogens with one attached hydrogen (secondary N) is 1. The minimum Gasteiger partial charge on any atom is -0.486 e. The number of carbonyl (C=O) groups excluding carboxylic acids is 2. The van der Waals surface area contributed by atoms with E-state index in [1.54, 1.807) is 11.0 Å². The highest BCUT2D eigenvalue weighted by Crippen LogP contribution is 2.47. The molecule has 0 bridgehead atoms. The standard InChI is InChI=1S/C25H36N2O6/c1-3-5-11-21(29)27(13-8-15-32-4-2)19-16-18(25(31)26-12-14-28)22-17-9-6-7-10-20(17)33-24(22)23(19)30/h6-7,9-10,16,19,22-24,28,30H,3-5,8,11-15H2,1-2H3,(H,26,31)/t19-,22+,23+,24+/m1/s1. The summed E-state index contributed by atoms with van der Waals surface area (Å²) in [5, 5.41) is 23.3. The summed E-state index contributed by atoms with van der Waals surface area (Å²) in [5.41, 5.74) is 1.29. The molecule has 8 heteroatoms. The fraction of sp³-hybridized carbons (Fsp3) is 0.600. The van der Waals surface area contributed by atoms with Crippen LogP contribution in [0, 0.1) is 0 Å². The second-order valence-corrected chi connectivity index (χ2v) is 8.42. The number of carbonyl (C=O) groups is 2. The number of hydrogen-bond acceptors (Lipinski definition) is 6. The zero-order valence-corrected chi connectivity index (χ0v) is 19.5. The van der Waals surface area contributed by atoms with Crippen molar-refractivity contribution in [1.29, 1.82) is 0 Å². The molecule has 0 saturated carbocycles. The molecular weight excluding hydrogens is 424 g/mol. The van der Waals surface area contributed by atoms with Gasteiger partial charge in [-0.3, -0.25) is 9.59 Å². The van der Waals surface area contributed by atoms with Crippen LogP contribution in [-0.2, 0) is 14.3 Å². The second-order valence-electron chi connectivity index (χ2n) is 8.42. The summed E-state index contributed by atoms with van der Waals surface area (Å²) in [5.74, 6) is -0.195. The third-order valence-corrected chi connectivity index (χ3v) is 6.19. The van der Waals surface area contributed by atoms with Crippen LogP contribution in [0.2, 0.25) is 0 Å². The highest BCUT2D eigenvalue weighted by atomic mass is 16.5. The zero-order chi connectivity index (χ0) is 23.8. The van der Waals surface area contributed by atoms with Crippen molar-refractivity contribution >= 4 is 11.8 Å². The Labute approximate surface area is 195 Å². The van der Waals surface area contributed by atoms with Crippen LogP contribution in [0.1, 0.15) is 51.0 Å². The lowest BCUT2D eigenvalue weighted by molar-refractivity contribution is -0.137. The van der Waals surface area contributed by atoms with Crippen molar-refractivity contribution in [2.45, 2.75) is 63.7 Å². The van der Waals surface area contributed by atoms with Crippen molar-refractivity contribution in [3.05, 3.63) is 41.5 Å².